The molecule has 0 fully saturated rings. The van der Waals surface area contributed by atoms with Crippen LogP contribution in [0, 0.1) is 0 Å². The third-order valence-corrected chi connectivity index (χ3v) is 6.75. The van der Waals surface area contributed by atoms with E-state index in [2.05, 4.69) is 0 Å². The van der Waals surface area contributed by atoms with Crippen LogP contribution in [0.3, 0.4) is 0 Å². The SMILES string of the molecule is COc1ccc(CC(=O)Oc2ccc(N(C)S(=O)(=O)c3ccc(Cl)cc3)cc2)cc1OC. The smallest absolute Gasteiger partial charge is 0.315 e. The van der Waals surface area contributed by atoms with E-state index in [9.17, 15) is 13.2 Å². The first-order chi connectivity index (χ1) is 15.2. The fourth-order valence-electron chi connectivity index (χ4n) is 2.95. The average molecular weight is 476 g/mol. The van der Waals surface area contributed by atoms with Gasteiger partial charge in [0.15, 0.2) is 11.5 Å². The molecular formula is C23H22ClNO6S. The number of carbonyl (C=O) groups excluding carboxylic acids is 1. The summed E-state index contributed by atoms with van der Waals surface area (Å²) in [7, 11) is 0.748. The van der Waals surface area contributed by atoms with Crippen LogP contribution >= 0.6 is 11.6 Å². The highest BCUT2D eigenvalue weighted by atomic mass is 35.5. The Labute approximate surface area is 192 Å². The number of ether oxygens (including phenoxy) is 3. The fourth-order valence-corrected chi connectivity index (χ4v) is 4.27. The van der Waals surface area contributed by atoms with Gasteiger partial charge in [-0.1, -0.05) is 17.7 Å². The average Bonchev–Trinajstić information content (AvgIpc) is 2.79. The number of anilines is 1. The molecule has 0 bridgehead atoms. The largest absolute Gasteiger partial charge is 0.493 e. The molecular weight excluding hydrogens is 454 g/mol. The summed E-state index contributed by atoms with van der Waals surface area (Å²) in [6.45, 7) is 0. The van der Waals surface area contributed by atoms with Gasteiger partial charge in [0.1, 0.15) is 5.75 Å². The Balaban J connectivity index is 1.67. The second-order valence-corrected chi connectivity index (χ2v) is 9.17. The monoisotopic (exact) mass is 475 g/mol. The number of nitrogens with zero attached hydrogens (tertiary/aromatic N) is 1. The van der Waals surface area contributed by atoms with E-state index in [0.29, 0.717) is 33.5 Å². The number of rotatable bonds is 8. The van der Waals surface area contributed by atoms with Gasteiger partial charge in [-0.2, -0.15) is 0 Å². The van der Waals surface area contributed by atoms with Crippen molar-refractivity contribution >= 4 is 33.3 Å². The number of esters is 1. The lowest BCUT2D eigenvalue weighted by Crippen LogP contribution is -2.26. The number of hydrogen-bond donors (Lipinski definition) is 0. The molecule has 0 aliphatic heterocycles. The molecule has 0 radical (unpaired) electrons. The zero-order valence-corrected chi connectivity index (χ0v) is 19.3. The van der Waals surface area contributed by atoms with Crippen molar-refractivity contribution in [3.05, 3.63) is 77.3 Å². The summed E-state index contributed by atoms with van der Waals surface area (Å²) in [5.41, 5.74) is 1.12. The van der Waals surface area contributed by atoms with Crippen molar-refractivity contribution in [3.63, 3.8) is 0 Å². The van der Waals surface area contributed by atoms with E-state index in [4.69, 9.17) is 25.8 Å². The topological polar surface area (TPSA) is 82.1 Å². The third kappa shape index (κ3) is 5.33. The van der Waals surface area contributed by atoms with Crippen molar-refractivity contribution in [1.29, 1.82) is 0 Å². The molecule has 0 aromatic heterocycles. The standard InChI is InChI=1S/C23H22ClNO6S/c1-25(32(27,28)20-11-5-17(24)6-12-20)18-7-9-19(10-8-18)31-23(26)15-16-4-13-21(29-2)22(14-16)30-3/h4-14H,15H2,1-3H3. The van der Waals surface area contributed by atoms with Crippen LogP contribution in [0.25, 0.3) is 0 Å². The molecule has 0 atom stereocenters. The van der Waals surface area contributed by atoms with Gasteiger partial charge in [0.25, 0.3) is 10.0 Å². The molecule has 7 nitrogen and oxygen atoms in total. The molecule has 9 heteroatoms. The zero-order valence-electron chi connectivity index (χ0n) is 17.7. The molecule has 0 N–H and O–H groups in total. The van der Waals surface area contributed by atoms with E-state index >= 15 is 0 Å². The molecule has 0 heterocycles. The van der Waals surface area contributed by atoms with Gasteiger partial charge in [-0.05, 0) is 66.2 Å². The van der Waals surface area contributed by atoms with Crippen LogP contribution in [-0.4, -0.2) is 35.7 Å². The Morgan fingerprint density at radius 3 is 2.12 bits per heavy atom. The highest BCUT2D eigenvalue weighted by Crippen LogP contribution is 2.28. The minimum atomic E-state index is -3.75. The number of halogens is 1. The van der Waals surface area contributed by atoms with Crippen LogP contribution in [0.15, 0.2) is 71.6 Å². The molecule has 0 saturated heterocycles. The first-order valence-corrected chi connectivity index (χ1v) is 11.3. The fraction of sp³-hybridized carbons (Fsp3) is 0.174. The van der Waals surface area contributed by atoms with Crippen LogP contribution in [-0.2, 0) is 21.2 Å². The van der Waals surface area contributed by atoms with E-state index in [-0.39, 0.29) is 11.3 Å². The van der Waals surface area contributed by atoms with Crippen molar-refractivity contribution in [2.45, 2.75) is 11.3 Å². The van der Waals surface area contributed by atoms with Crippen molar-refractivity contribution in [1.82, 2.24) is 0 Å². The quantitative estimate of drug-likeness (QED) is 0.356. The molecule has 3 aromatic rings. The highest BCUT2D eigenvalue weighted by molar-refractivity contribution is 7.92. The predicted molar refractivity (Wildman–Crippen MR) is 122 cm³/mol. The maximum absolute atomic E-state index is 12.8. The van der Waals surface area contributed by atoms with E-state index in [1.54, 1.807) is 30.3 Å². The number of sulfonamides is 1. The molecule has 3 rings (SSSR count). The Bertz CT molecular complexity index is 1190. The molecule has 0 unspecified atom stereocenters. The third-order valence-electron chi connectivity index (χ3n) is 4.70. The summed E-state index contributed by atoms with van der Waals surface area (Å²) >= 11 is 5.84. The van der Waals surface area contributed by atoms with Crippen LogP contribution in [0.5, 0.6) is 17.2 Å². The number of hydrogen-bond acceptors (Lipinski definition) is 6. The normalized spacial score (nSPS) is 11.0. The molecule has 0 amide bonds. The second-order valence-electron chi connectivity index (χ2n) is 6.76. The summed E-state index contributed by atoms with van der Waals surface area (Å²) in [6.07, 6.45) is 0.0347. The van der Waals surface area contributed by atoms with E-state index < -0.39 is 16.0 Å². The Kier molecular flexibility index (Phi) is 7.27. The van der Waals surface area contributed by atoms with E-state index in [0.717, 1.165) is 4.31 Å². The molecule has 0 aliphatic rings. The maximum atomic E-state index is 12.8. The number of methoxy groups -OCH3 is 2. The first kappa shape index (κ1) is 23.4. The molecule has 0 aliphatic carbocycles. The summed E-state index contributed by atoms with van der Waals surface area (Å²) in [5.74, 6) is 0.925. The highest BCUT2D eigenvalue weighted by Gasteiger charge is 2.21. The van der Waals surface area contributed by atoms with Crippen LogP contribution in [0.4, 0.5) is 5.69 Å². The van der Waals surface area contributed by atoms with Crippen LogP contribution in [0.1, 0.15) is 5.56 Å². The summed E-state index contributed by atoms with van der Waals surface area (Å²) in [6, 6.07) is 17.3. The minimum absolute atomic E-state index is 0.0347. The Hall–Kier alpha value is -3.23. The van der Waals surface area contributed by atoms with Gasteiger partial charge in [-0.15, -0.1) is 0 Å². The Morgan fingerprint density at radius 2 is 1.53 bits per heavy atom. The molecule has 32 heavy (non-hydrogen) atoms. The second kappa shape index (κ2) is 9.93. The van der Waals surface area contributed by atoms with Gasteiger partial charge in [0.2, 0.25) is 0 Å². The van der Waals surface area contributed by atoms with Gasteiger partial charge >= 0.3 is 5.97 Å². The lowest BCUT2D eigenvalue weighted by molar-refractivity contribution is -0.133. The van der Waals surface area contributed by atoms with E-state index in [1.807, 2.05) is 0 Å². The lowest BCUT2D eigenvalue weighted by Gasteiger charge is -2.19. The van der Waals surface area contributed by atoms with Gasteiger partial charge in [-0.3, -0.25) is 9.10 Å². The number of carbonyl (C=O) groups is 1. The Morgan fingerprint density at radius 1 is 0.906 bits per heavy atom. The van der Waals surface area contributed by atoms with Crippen molar-refractivity contribution < 1.29 is 27.4 Å². The zero-order chi connectivity index (χ0) is 23.3. The van der Waals surface area contributed by atoms with Crippen LogP contribution < -0.4 is 18.5 Å². The van der Waals surface area contributed by atoms with Gasteiger partial charge < -0.3 is 14.2 Å². The summed E-state index contributed by atoms with van der Waals surface area (Å²) in [5, 5.41) is 0.450. The molecule has 168 valence electrons. The van der Waals surface area contributed by atoms with Crippen molar-refractivity contribution in [3.8, 4) is 17.2 Å². The summed E-state index contributed by atoms with van der Waals surface area (Å²) in [4.78, 5) is 12.4. The van der Waals surface area contributed by atoms with Gasteiger partial charge in [0.05, 0.1) is 31.2 Å². The first-order valence-electron chi connectivity index (χ1n) is 9.50. The molecule has 0 saturated carbocycles. The molecule has 0 spiro atoms. The minimum Gasteiger partial charge on any atom is -0.493 e. The van der Waals surface area contributed by atoms with E-state index in [1.165, 1.54) is 57.7 Å². The van der Waals surface area contributed by atoms with Crippen LogP contribution in [0.2, 0.25) is 5.02 Å². The lowest BCUT2D eigenvalue weighted by atomic mass is 10.1. The predicted octanol–water partition coefficient (Wildman–Crippen LogP) is 4.33. The summed E-state index contributed by atoms with van der Waals surface area (Å²) < 4.78 is 42.5. The van der Waals surface area contributed by atoms with Crippen molar-refractivity contribution in [2.24, 2.45) is 0 Å². The van der Waals surface area contributed by atoms with Gasteiger partial charge in [0, 0.05) is 12.1 Å². The maximum Gasteiger partial charge on any atom is 0.315 e. The van der Waals surface area contributed by atoms with Gasteiger partial charge in [-0.25, -0.2) is 8.42 Å². The van der Waals surface area contributed by atoms with Crippen molar-refractivity contribution in [2.75, 3.05) is 25.6 Å². The molecule has 3 aromatic carbocycles. The number of benzene rings is 3.